The van der Waals surface area contributed by atoms with Crippen molar-refractivity contribution in [1.82, 2.24) is 5.32 Å². The van der Waals surface area contributed by atoms with Crippen molar-refractivity contribution in [3.05, 3.63) is 0 Å². The van der Waals surface area contributed by atoms with Crippen molar-refractivity contribution in [1.29, 1.82) is 0 Å². The van der Waals surface area contributed by atoms with Crippen LogP contribution in [0.2, 0.25) is 0 Å². The Morgan fingerprint density at radius 2 is 0.594 bits per heavy atom. The van der Waals surface area contributed by atoms with Gasteiger partial charge in [0.15, 0.2) is 0 Å². The smallest absolute Gasteiger partial charge is 0.305 e. The van der Waals surface area contributed by atoms with Crippen molar-refractivity contribution in [3.8, 4) is 0 Å². The molecule has 1 amide bonds. The summed E-state index contributed by atoms with van der Waals surface area (Å²) in [5.41, 5.74) is 0. The van der Waals surface area contributed by atoms with Gasteiger partial charge >= 0.3 is 5.97 Å². The Morgan fingerprint density at radius 1 is 0.348 bits per heavy atom. The van der Waals surface area contributed by atoms with Gasteiger partial charge in [-0.1, -0.05) is 328 Å². The van der Waals surface area contributed by atoms with Gasteiger partial charge in [-0.3, -0.25) is 9.59 Å². The van der Waals surface area contributed by atoms with Crippen LogP contribution in [-0.2, 0) is 14.3 Å². The minimum Gasteiger partial charge on any atom is -0.466 e. The molecule has 69 heavy (non-hydrogen) atoms. The van der Waals surface area contributed by atoms with E-state index < -0.39 is 12.1 Å². The third kappa shape index (κ3) is 56.0. The van der Waals surface area contributed by atoms with Crippen LogP contribution in [0.4, 0.5) is 0 Å². The predicted octanol–water partition coefficient (Wildman–Crippen LogP) is 19.9. The molecular weight excluding hydrogens is 851 g/mol. The molecule has 0 aromatic heterocycles. The Labute approximate surface area is 432 Å². The maximum atomic E-state index is 12.5. The maximum absolute atomic E-state index is 12.5. The molecule has 0 radical (unpaired) electrons. The second-order valence-corrected chi connectivity index (χ2v) is 22.1. The Morgan fingerprint density at radius 3 is 0.884 bits per heavy atom. The largest absolute Gasteiger partial charge is 0.466 e. The second-order valence-electron chi connectivity index (χ2n) is 22.1. The van der Waals surface area contributed by atoms with E-state index in [1.54, 1.807) is 0 Å². The zero-order valence-corrected chi connectivity index (χ0v) is 47.1. The number of rotatable bonds is 60. The number of aliphatic hydroxyl groups excluding tert-OH is 2. The van der Waals surface area contributed by atoms with E-state index >= 15 is 0 Å². The minimum atomic E-state index is -0.664. The fraction of sp³-hybridized carbons (Fsp3) is 0.968. The highest BCUT2D eigenvalue weighted by molar-refractivity contribution is 5.76. The number of amides is 1. The van der Waals surface area contributed by atoms with Crippen LogP contribution in [0.3, 0.4) is 0 Å². The first-order chi connectivity index (χ1) is 34.0. The fourth-order valence-electron chi connectivity index (χ4n) is 10.3. The summed E-state index contributed by atoms with van der Waals surface area (Å²) in [4.78, 5) is 24.6. The number of aliphatic hydroxyl groups is 2. The molecule has 0 heterocycles. The van der Waals surface area contributed by atoms with E-state index in [-0.39, 0.29) is 18.5 Å². The van der Waals surface area contributed by atoms with Gasteiger partial charge in [0.25, 0.3) is 0 Å². The molecule has 2 atom stereocenters. The lowest BCUT2D eigenvalue weighted by atomic mass is 10.0. The number of nitrogens with one attached hydrogen (secondary N) is 1. The second kappa shape index (κ2) is 59.4. The van der Waals surface area contributed by atoms with Crippen molar-refractivity contribution in [3.63, 3.8) is 0 Å². The Kier molecular flexibility index (Phi) is 58.4. The van der Waals surface area contributed by atoms with Crippen LogP contribution in [0.5, 0.6) is 0 Å². The lowest BCUT2D eigenvalue weighted by molar-refractivity contribution is -0.143. The van der Waals surface area contributed by atoms with E-state index in [1.807, 2.05) is 0 Å². The van der Waals surface area contributed by atoms with Crippen molar-refractivity contribution < 1.29 is 24.5 Å². The molecule has 0 saturated heterocycles. The van der Waals surface area contributed by atoms with Gasteiger partial charge in [-0.25, -0.2) is 0 Å². The lowest BCUT2D eigenvalue weighted by Gasteiger charge is -2.22. The molecule has 0 spiro atoms. The highest BCUT2D eigenvalue weighted by atomic mass is 16.5. The summed E-state index contributed by atoms with van der Waals surface area (Å²) in [6, 6.07) is -0.541. The number of carbonyl (C=O) groups excluding carboxylic acids is 2. The molecule has 0 aliphatic heterocycles. The van der Waals surface area contributed by atoms with E-state index in [4.69, 9.17) is 4.74 Å². The first-order valence-electron chi connectivity index (χ1n) is 31.8. The van der Waals surface area contributed by atoms with E-state index in [9.17, 15) is 19.8 Å². The molecule has 0 saturated carbocycles. The monoisotopic (exact) mass is 976 g/mol. The molecule has 0 aromatic rings. The predicted molar refractivity (Wildman–Crippen MR) is 301 cm³/mol. The standard InChI is InChI=1S/C63H125NO5/c1-3-5-7-9-11-13-15-17-19-27-31-35-39-43-47-51-55-61(66)60(59-65)64-62(67)56-52-48-44-40-36-32-28-25-23-21-22-24-26-30-34-38-42-46-50-54-58-69-63(68)57-53-49-45-41-37-33-29-20-18-16-14-12-10-8-6-4-2/h60-61,65-66H,3-59H2,1-2H3,(H,64,67). The summed E-state index contributed by atoms with van der Waals surface area (Å²) >= 11 is 0. The van der Waals surface area contributed by atoms with Crippen LogP contribution in [-0.4, -0.2) is 47.4 Å². The molecule has 0 aliphatic rings. The molecule has 2 unspecified atom stereocenters. The average Bonchev–Trinajstić information content (AvgIpc) is 3.35. The summed E-state index contributed by atoms with van der Waals surface area (Å²) in [7, 11) is 0. The normalized spacial score (nSPS) is 12.5. The van der Waals surface area contributed by atoms with E-state index in [0.717, 1.165) is 38.5 Å². The summed E-state index contributed by atoms with van der Waals surface area (Å²) in [6.07, 6.45) is 69.7. The Hall–Kier alpha value is -1.14. The number of hydrogen-bond donors (Lipinski definition) is 3. The molecule has 6 heteroatoms. The number of carbonyl (C=O) groups is 2. The van der Waals surface area contributed by atoms with Gasteiger partial charge in [0, 0.05) is 12.8 Å². The first-order valence-corrected chi connectivity index (χ1v) is 31.8. The molecule has 6 nitrogen and oxygen atoms in total. The number of esters is 1. The zero-order valence-electron chi connectivity index (χ0n) is 47.1. The lowest BCUT2D eigenvalue weighted by Crippen LogP contribution is -2.45. The van der Waals surface area contributed by atoms with Gasteiger partial charge < -0.3 is 20.3 Å². The van der Waals surface area contributed by atoms with Gasteiger partial charge in [0.2, 0.25) is 5.91 Å². The van der Waals surface area contributed by atoms with Crippen LogP contribution < -0.4 is 5.32 Å². The molecule has 0 aliphatic carbocycles. The van der Waals surface area contributed by atoms with Crippen molar-refractivity contribution in [2.75, 3.05) is 13.2 Å². The highest BCUT2D eigenvalue weighted by Crippen LogP contribution is 2.19. The average molecular weight is 977 g/mol. The van der Waals surface area contributed by atoms with Crippen LogP contribution in [0.25, 0.3) is 0 Å². The number of unbranched alkanes of at least 4 members (excludes halogenated alkanes) is 49. The van der Waals surface area contributed by atoms with Gasteiger partial charge in [-0.05, 0) is 25.7 Å². The van der Waals surface area contributed by atoms with Crippen molar-refractivity contribution in [2.45, 2.75) is 379 Å². The number of ether oxygens (including phenoxy) is 1. The van der Waals surface area contributed by atoms with Crippen molar-refractivity contribution in [2.24, 2.45) is 0 Å². The van der Waals surface area contributed by atoms with Crippen molar-refractivity contribution >= 4 is 11.9 Å². The fourth-order valence-corrected chi connectivity index (χ4v) is 10.3. The van der Waals surface area contributed by atoms with Crippen LogP contribution in [0, 0.1) is 0 Å². The first kappa shape index (κ1) is 67.9. The molecule has 0 fully saturated rings. The Bertz CT molecular complexity index is 990. The van der Waals surface area contributed by atoms with E-state index in [2.05, 4.69) is 19.2 Å². The van der Waals surface area contributed by atoms with Crippen LogP contribution >= 0.6 is 0 Å². The van der Waals surface area contributed by atoms with E-state index in [1.165, 1.54) is 295 Å². The van der Waals surface area contributed by atoms with Crippen LogP contribution in [0.15, 0.2) is 0 Å². The highest BCUT2D eigenvalue weighted by Gasteiger charge is 2.20. The number of hydrogen-bond acceptors (Lipinski definition) is 5. The zero-order chi connectivity index (χ0) is 50.0. The van der Waals surface area contributed by atoms with E-state index in [0.29, 0.717) is 25.9 Å². The van der Waals surface area contributed by atoms with Gasteiger partial charge in [0.05, 0.1) is 25.4 Å². The SMILES string of the molecule is CCCCCCCCCCCCCCCCCCC(=O)OCCCCCCCCCCCCCCCCCCCCCCC(=O)NC(CO)C(O)CCCCCCCCCCCCCCCCCC. The van der Waals surface area contributed by atoms with Crippen LogP contribution in [0.1, 0.15) is 367 Å². The Balaban J connectivity index is 3.36. The third-order valence-corrected chi connectivity index (χ3v) is 15.2. The molecule has 0 aromatic carbocycles. The summed E-state index contributed by atoms with van der Waals surface area (Å²) < 4.78 is 5.50. The molecule has 3 N–H and O–H groups in total. The quantitative estimate of drug-likeness (QED) is 0.0417. The molecule has 0 bridgehead atoms. The molecule has 0 rings (SSSR count). The van der Waals surface area contributed by atoms with Gasteiger partial charge in [-0.15, -0.1) is 0 Å². The van der Waals surface area contributed by atoms with Gasteiger partial charge in [0.1, 0.15) is 0 Å². The maximum Gasteiger partial charge on any atom is 0.305 e. The molecule has 412 valence electrons. The summed E-state index contributed by atoms with van der Waals surface area (Å²) in [5.74, 6) is -0.0179. The summed E-state index contributed by atoms with van der Waals surface area (Å²) in [5, 5.41) is 23.3. The summed E-state index contributed by atoms with van der Waals surface area (Å²) in [6.45, 7) is 4.99. The van der Waals surface area contributed by atoms with Gasteiger partial charge in [-0.2, -0.15) is 0 Å². The minimum absolute atomic E-state index is 0.0153. The molecular formula is C63H125NO5. The topological polar surface area (TPSA) is 95.9 Å². The third-order valence-electron chi connectivity index (χ3n) is 15.2.